The second kappa shape index (κ2) is 12.3. The normalized spacial score (nSPS) is 35.8. The fraction of sp³-hybridized carbons (Fsp3) is 0.727. The summed E-state index contributed by atoms with van der Waals surface area (Å²) in [6.45, 7) is 27.8. The van der Waals surface area contributed by atoms with E-state index in [0.717, 1.165) is 64.3 Å². The Morgan fingerprint density at radius 2 is 1.00 bits per heavy atom. The standard InChI is InChI=1S/C44H68Si/c1-28(2)38-27-40-35(31-20-24-33(25-21-31)44(7,8)9)15-13-17-37(40)42(38)45(10,11)41-29(3)26-39-34(14-12-16-36(39)41)30-18-22-32(23-19-30)43(4,5)6/h18-25,28-29,34-42H,12-17,26-27H2,1-11H3. The van der Waals surface area contributed by atoms with Crippen LogP contribution >= 0.6 is 0 Å². The van der Waals surface area contributed by atoms with Gasteiger partial charge in [-0.05, 0) is 123 Å². The Morgan fingerprint density at radius 1 is 0.578 bits per heavy atom. The molecule has 0 heterocycles. The first kappa shape index (κ1) is 33.6. The molecule has 1 heteroatoms. The maximum Gasteiger partial charge on any atom is 0.0547 e. The van der Waals surface area contributed by atoms with Gasteiger partial charge in [0.05, 0.1) is 8.07 Å². The van der Waals surface area contributed by atoms with E-state index in [1.54, 1.807) is 11.1 Å². The molecule has 0 saturated heterocycles. The molecule has 2 aromatic rings. The van der Waals surface area contributed by atoms with Crippen molar-refractivity contribution in [3.63, 3.8) is 0 Å². The van der Waals surface area contributed by atoms with Gasteiger partial charge in [0, 0.05) is 0 Å². The van der Waals surface area contributed by atoms with E-state index in [0.29, 0.717) is 0 Å². The maximum atomic E-state index is 2.92. The monoisotopic (exact) mass is 625 g/mol. The fourth-order valence-corrected chi connectivity index (χ4v) is 19.2. The molecule has 0 nitrogen and oxygen atoms in total. The fourth-order valence-electron chi connectivity index (χ4n) is 12.5. The van der Waals surface area contributed by atoms with Gasteiger partial charge < -0.3 is 0 Å². The Morgan fingerprint density at radius 3 is 1.42 bits per heavy atom. The Kier molecular flexibility index (Phi) is 9.15. The molecular formula is C44H68Si. The van der Waals surface area contributed by atoms with Crippen molar-refractivity contribution in [2.24, 2.45) is 41.4 Å². The van der Waals surface area contributed by atoms with Gasteiger partial charge in [-0.2, -0.15) is 0 Å². The zero-order valence-electron chi connectivity index (χ0n) is 31.1. The highest BCUT2D eigenvalue weighted by Gasteiger charge is 2.60. The van der Waals surface area contributed by atoms with Crippen LogP contribution in [0.2, 0.25) is 24.2 Å². The smallest absolute Gasteiger partial charge is 0.0547 e. The highest BCUT2D eigenvalue weighted by Crippen LogP contribution is 2.68. The van der Waals surface area contributed by atoms with Crippen LogP contribution in [-0.2, 0) is 10.8 Å². The molecule has 0 aliphatic heterocycles. The molecule has 4 aliphatic rings. The molecule has 4 fully saturated rings. The summed E-state index contributed by atoms with van der Waals surface area (Å²) < 4.78 is 0. The first-order valence-corrected chi connectivity index (χ1v) is 22.5. The van der Waals surface area contributed by atoms with Gasteiger partial charge in [-0.15, -0.1) is 0 Å². The summed E-state index contributed by atoms with van der Waals surface area (Å²) in [5, 5.41) is 0. The second-order valence-electron chi connectivity index (χ2n) is 19.7. The van der Waals surface area contributed by atoms with Gasteiger partial charge in [0.25, 0.3) is 0 Å². The molecule has 2 aromatic carbocycles. The van der Waals surface area contributed by atoms with E-state index in [9.17, 15) is 0 Å². The number of benzene rings is 2. The van der Waals surface area contributed by atoms with E-state index >= 15 is 0 Å². The molecule has 0 aromatic heterocycles. The molecule has 10 atom stereocenters. The Hall–Kier alpha value is -1.34. The zero-order valence-corrected chi connectivity index (χ0v) is 32.1. The zero-order chi connectivity index (χ0) is 32.5. The highest BCUT2D eigenvalue weighted by atomic mass is 28.3. The highest BCUT2D eigenvalue weighted by molar-refractivity contribution is 6.80. The first-order valence-electron chi connectivity index (χ1n) is 19.3. The molecule has 10 unspecified atom stereocenters. The van der Waals surface area contributed by atoms with Crippen molar-refractivity contribution in [2.45, 2.75) is 161 Å². The van der Waals surface area contributed by atoms with Gasteiger partial charge in [-0.1, -0.05) is 150 Å². The lowest BCUT2D eigenvalue weighted by atomic mass is 9.70. The van der Waals surface area contributed by atoms with Crippen LogP contribution in [0.1, 0.15) is 148 Å². The van der Waals surface area contributed by atoms with E-state index in [-0.39, 0.29) is 10.8 Å². The molecule has 6 rings (SSSR count). The van der Waals surface area contributed by atoms with Gasteiger partial charge in [0.15, 0.2) is 0 Å². The van der Waals surface area contributed by atoms with Crippen LogP contribution in [-0.4, -0.2) is 8.07 Å². The molecule has 4 aliphatic carbocycles. The van der Waals surface area contributed by atoms with Gasteiger partial charge in [-0.25, -0.2) is 0 Å². The van der Waals surface area contributed by atoms with E-state index in [1.807, 2.05) is 0 Å². The Labute approximate surface area is 280 Å². The third kappa shape index (κ3) is 6.20. The summed E-state index contributed by atoms with van der Waals surface area (Å²) >= 11 is 0. The lowest BCUT2D eigenvalue weighted by molar-refractivity contribution is 0.226. The molecule has 4 saturated carbocycles. The van der Waals surface area contributed by atoms with Crippen molar-refractivity contribution in [3.05, 3.63) is 70.8 Å². The van der Waals surface area contributed by atoms with Crippen LogP contribution in [0.15, 0.2) is 48.5 Å². The van der Waals surface area contributed by atoms with E-state index in [4.69, 9.17) is 0 Å². The van der Waals surface area contributed by atoms with E-state index < -0.39 is 8.07 Å². The van der Waals surface area contributed by atoms with Crippen molar-refractivity contribution < 1.29 is 0 Å². The molecule has 0 spiro atoms. The summed E-state index contributed by atoms with van der Waals surface area (Å²) in [5.41, 5.74) is 8.73. The summed E-state index contributed by atoms with van der Waals surface area (Å²) in [6, 6.07) is 20.0. The SMILES string of the molecule is CC(C)C1CC2C(c3ccc(C(C)(C)C)cc3)CCCC2C1[Si](C)(C)C1C(C)CC2C(c3ccc(C(C)(C)C)cc3)CCCC21. The topological polar surface area (TPSA) is 0 Å². The van der Waals surface area contributed by atoms with E-state index in [2.05, 4.69) is 124 Å². The van der Waals surface area contributed by atoms with Crippen LogP contribution in [0.3, 0.4) is 0 Å². The molecule has 0 radical (unpaired) electrons. The Balaban J connectivity index is 1.27. The summed E-state index contributed by atoms with van der Waals surface area (Å²) in [7, 11) is -1.57. The van der Waals surface area contributed by atoms with Crippen molar-refractivity contribution in [1.29, 1.82) is 0 Å². The van der Waals surface area contributed by atoms with Crippen molar-refractivity contribution in [1.82, 2.24) is 0 Å². The summed E-state index contributed by atoms with van der Waals surface area (Å²) in [6.07, 6.45) is 11.7. The average Bonchev–Trinajstić information content (AvgIpc) is 3.55. The lowest BCUT2D eigenvalue weighted by Gasteiger charge is -2.49. The summed E-state index contributed by atoms with van der Waals surface area (Å²) in [5.74, 6) is 7.90. The van der Waals surface area contributed by atoms with Crippen LogP contribution in [0, 0.1) is 41.4 Å². The average molecular weight is 625 g/mol. The second-order valence-corrected chi connectivity index (χ2v) is 24.7. The third-order valence-electron chi connectivity index (χ3n) is 14.4. The van der Waals surface area contributed by atoms with Crippen LogP contribution in [0.25, 0.3) is 0 Å². The predicted molar refractivity (Wildman–Crippen MR) is 199 cm³/mol. The van der Waals surface area contributed by atoms with Crippen molar-refractivity contribution in [2.75, 3.05) is 0 Å². The summed E-state index contributed by atoms with van der Waals surface area (Å²) in [4.78, 5) is 0. The van der Waals surface area contributed by atoms with Crippen LogP contribution in [0.4, 0.5) is 0 Å². The molecule has 248 valence electrons. The van der Waals surface area contributed by atoms with Crippen molar-refractivity contribution >= 4 is 8.07 Å². The molecular weight excluding hydrogens is 557 g/mol. The minimum atomic E-state index is -1.57. The van der Waals surface area contributed by atoms with Crippen molar-refractivity contribution in [3.8, 4) is 0 Å². The quantitative estimate of drug-likeness (QED) is 0.290. The van der Waals surface area contributed by atoms with Gasteiger partial charge in [0.2, 0.25) is 0 Å². The van der Waals surface area contributed by atoms with Gasteiger partial charge >= 0.3 is 0 Å². The molecule has 0 amide bonds. The molecule has 0 bridgehead atoms. The number of fused-ring (bicyclic) bond motifs is 2. The van der Waals surface area contributed by atoms with Crippen LogP contribution in [0.5, 0.6) is 0 Å². The molecule has 45 heavy (non-hydrogen) atoms. The van der Waals surface area contributed by atoms with E-state index in [1.165, 1.54) is 62.5 Å². The predicted octanol–water partition coefficient (Wildman–Crippen LogP) is 13.1. The number of rotatable bonds is 5. The largest absolute Gasteiger partial charge is 0.0689 e. The number of hydrogen-bond acceptors (Lipinski definition) is 0. The Bertz CT molecular complexity index is 1280. The maximum absolute atomic E-state index is 2.92. The third-order valence-corrected chi connectivity index (χ3v) is 19.7. The first-order chi connectivity index (χ1) is 21.1. The van der Waals surface area contributed by atoms with Crippen LogP contribution < -0.4 is 0 Å². The minimum Gasteiger partial charge on any atom is -0.0689 e. The van der Waals surface area contributed by atoms with Gasteiger partial charge in [-0.3, -0.25) is 0 Å². The molecule has 0 N–H and O–H groups in total. The lowest BCUT2D eigenvalue weighted by Crippen LogP contribution is -2.48. The van der Waals surface area contributed by atoms with Gasteiger partial charge in [0.1, 0.15) is 0 Å². The minimum absolute atomic E-state index is 0.230. The number of hydrogen-bond donors (Lipinski definition) is 0.